The van der Waals surface area contributed by atoms with E-state index in [1.807, 2.05) is 20.8 Å². The molecule has 6 heteroatoms. The number of aliphatic carboxylic acids is 1. The van der Waals surface area contributed by atoms with E-state index in [-0.39, 0.29) is 24.2 Å². The lowest BCUT2D eigenvalue weighted by molar-refractivity contribution is -0.137. The van der Waals surface area contributed by atoms with E-state index in [4.69, 9.17) is 5.11 Å². The van der Waals surface area contributed by atoms with Crippen LogP contribution in [-0.2, 0) is 9.59 Å². The van der Waals surface area contributed by atoms with Crippen molar-refractivity contribution in [2.45, 2.75) is 52.9 Å². The van der Waals surface area contributed by atoms with E-state index in [9.17, 15) is 14.4 Å². The Balaban J connectivity index is 3.75. The lowest BCUT2D eigenvalue weighted by Crippen LogP contribution is -2.43. The van der Waals surface area contributed by atoms with Crippen molar-refractivity contribution < 1.29 is 19.5 Å². The fourth-order valence-electron chi connectivity index (χ4n) is 1.24. The summed E-state index contributed by atoms with van der Waals surface area (Å²) in [5, 5.41) is 13.3. The molecule has 0 saturated carbocycles. The molecule has 0 aliphatic heterocycles. The van der Waals surface area contributed by atoms with Crippen molar-refractivity contribution in [3.05, 3.63) is 0 Å². The minimum atomic E-state index is -0.875. The van der Waals surface area contributed by atoms with Crippen LogP contribution in [0.1, 0.15) is 52.9 Å². The molecule has 3 N–H and O–H groups in total. The predicted octanol–water partition coefficient (Wildman–Crippen LogP) is 1.89. The van der Waals surface area contributed by atoms with E-state index in [1.54, 1.807) is 0 Å². The number of urea groups is 1. The van der Waals surface area contributed by atoms with Gasteiger partial charge in [-0.2, -0.15) is 0 Å². The third-order valence-corrected chi connectivity index (χ3v) is 2.98. The normalized spacial score (nSPS) is 10.9. The maximum absolute atomic E-state index is 11.4. The second kappa shape index (κ2) is 8.50. The molecule has 3 amide bonds. The summed E-state index contributed by atoms with van der Waals surface area (Å²) in [6.07, 6.45) is 2.04. The molecule has 0 fully saturated rings. The average molecular weight is 272 g/mol. The van der Waals surface area contributed by atoms with Gasteiger partial charge in [0.15, 0.2) is 0 Å². The molecule has 0 aliphatic carbocycles. The summed E-state index contributed by atoms with van der Waals surface area (Å²) >= 11 is 0. The first-order chi connectivity index (χ1) is 8.76. The first-order valence-corrected chi connectivity index (χ1v) is 6.56. The molecule has 6 nitrogen and oxygen atoms in total. The van der Waals surface area contributed by atoms with Crippen LogP contribution < -0.4 is 10.6 Å². The maximum Gasteiger partial charge on any atom is 0.321 e. The smallest absolute Gasteiger partial charge is 0.321 e. The summed E-state index contributed by atoms with van der Waals surface area (Å²) in [6.45, 7) is 6.59. The highest BCUT2D eigenvalue weighted by Gasteiger charge is 2.16. The van der Waals surface area contributed by atoms with Crippen LogP contribution in [0.5, 0.6) is 0 Å². The van der Waals surface area contributed by atoms with Gasteiger partial charge in [-0.1, -0.05) is 20.8 Å². The van der Waals surface area contributed by atoms with Gasteiger partial charge in [0.05, 0.1) is 0 Å². The molecule has 0 heterocycles. The zero-order valence-corrected chi connectivity index (χ0v) is 11.9. The molecule has 0 spiro atoms. The van der Waals surface area contributed by atoms with E-state index in [0.717, 1.165) is 6.42 Å². The lowest BCUT2D eigenvalue weighted by atomic mass is 9.90. The van der Waals surface area contributed by atoms with E-state index >= 15 is 0 Å². The Morgan fingerprint density at radius 1 is 1.11 bits per heavy atom. The average Bonchev–Trinajstić information content (AvgIpc) is 2.32. The molecule has 0 saturated heterocycles. The van der Waals surface area contributed by atoms with Gasteiger partial charge in [-0.15, -0.1) is 0 Å². The van der Waals surface area contributed by atoms with Crippen LogP contribution in [0.25, 0.3) is 0 Å². The van der Waals surface area contributed by atoms with Gasteiger partial charge in [0.1, 0.15) is 0 Å². The predicted molar refractivity (Wildman–Crippen MR) is 71.7 cm³/mol. The van der Waals surface area contributed by atoms with E-state index < -0.39 is 12.0 Å². The Hall–Kier alpha value is -1.59. The maximum atomic E-state index is 11.4. The van der Waals surface area contributed by atoms with Crippen molar-refractivity contribution in [3.63, 3.8) is 0 Å². The lowest BCUT2D eigenvalue weighted by Gasteiger charge is -2.22. The zero-order valence-electron chi connectivity index (χ0n) is 11.9. The van der Waals surface area contributed by atoms with Gasteiger partial charge >= 0.3 is 12.0 Å². The summed E-state index contributed by atoms with van der Waals surface area (Å²) < 4.78 is 0. The van der Waals surface area contributed by atoms with Crippen LogP contribution >= 0.6 is 0 Å². The standard InChI is InChI=1S/C13H24N2O4/c1-4-13(2,3)9-14-12(19)15-10(16)7-5-6-8-11(17)18/h4-9H2,1-3H3,(H,17,18)(H2,14,15,16,19). The molecular formula is C13H24N2O4. The summed E-state index contributed by atoms with van der Waals surface area (Å²) in [6, 6.07) is -0.496. The van der Waals surface area contributed by atoms with Crippen LogP contribution in [-0.4, -0.2) is 29.6 Å². The van der Waals surface area contributed by atoms with Gasteiger partial charge in [0, 0.05) is 19.4 Å². The van der Waals surface area contributed by atoms with Crippen LogP contribution in [0.2, 0.25) is 0 Å². The van der Waals surface area contributed by atoms with Gasteiger partial charge in [-0.25, -0.2) is 4.79 Å². The minimum Gasteiger partial charge on any atom is -0.481 e. The molecule has 0 radical (unpaired) electrons. The number of carbonyl (C=O) groups excluding carboxylic acids is 2. The molecule has 110 valence electrons. The Morgan fingerprint density at radius 3 is 2.21 bits per heavy atom. The number of hydrogen-bond acceptors (Lipinski definition) is 3. The first-order valence-electron chi connectivity index (χ1n) is 6.56. The number of carbonyl (C=O) groups is 3. The number of imide groups is 1. The fourth-order valence-corrected chi connectivity index (χ4v) is 1.24. The van der Waals surface area contributed by atoms with Crippen molar-refractivity contribution in [2.75, 3.05) is 6.54 Å². The molecule has 0 aliphatic rings. The summed E-state index contributed by atoms with van der Waals surface area (Å²) in [5.74, 6) is -1.25. The van der Waals surface area contributed by atoms with Crippen LogP contribution in [0, 0.1) is 5.41 Å². The molecule has 0 unspecified atom stereocenters. The number of rotatable bonds is 8. The SMILES string of the molecule is CCC(C)(C)CNC(=O)NC(=O)CCCCC(=O)O. The Bertz CT molecular complexity index is 327. The van der Waals surface area contributed by atoms with Crippen molar-refractivity contribution in [1.82, 2.24) is 10.6 Å². The molecular weight excluding hydrogens is 248 g/mol. The quantitative estimate of drug-likeness (QED) is 0.588. The number of hydrogen-bond donors (Lipinski definition) is 3. The number of unbranched alkanes of at least 4 members (excludes halogenated alkanes) is 1. The number of carboxylic acid groups (broad SMARTS) is 1. The number of amides is 3. The Kier molecular flexibility index (Phi) is 7.79. The van der Waals surface area contributed by atoms with Gasteiger partial charge < -0.3 is 10.4 Å². The van der Waals surface area contributed by atoms with Gasteiger partial charge in [0.2, 0.25) is 5.91 Å². The highest BCUT2D eigenvalue weighted by Crippen LogP contribution is 2.17. The second-order valence-corrected chi connectivity index (χ2v) is 5.35. The minimum absolute atomic E-state index is 0.00186. The topological polar surface area (TPSA) is 95.5 Å². The number of nitrogens with one attached hydrogen (secondary N) is 2. The van der Waals surface area contributed by atoms with E-state index in [1.165, 1.54) is 0 Å². The highest BCUT2D eigenvalue weighted by atomic mass is 16.4. The highest BCUT2D eigenvalue weighted by molar-refractivity contribution is 5.94. The molecule has 0 aromatic rings. The molecule has 0 rings (SSSR count). The fraction of sp³-hybridized carbons (Fsp3) is 0.769. The Labute approximate surface area is 113 Å². The van der Waals surface area contributed by atoms with Crippen molar-refractivity contribution >= 4 is 17.9 Å². The van der Waals surface area contributed by atoms with Crippen molar-refractivity contribution in [1.29, 1.82) is 0 Å². The number of carboxylic acids is 1. The summed E-state index contributed by atoms with van der Waals surface area (Å²) in [5.41, 5.74) is 0.00186. The van der Waals surface area contributed by atoms with Crippen molar-refractivity contribution in [3.8, 4) is 0 Å². The van der Waals surface area contributed by atoms with Crippen LogP contribution in [0.4, 0.5) is 4.79 Å². The molecule has 19 heavy (non-hydrogen) atoms. The second-order valence-electron chi connectivity index (χ2n) is 5.35. The zero-order chi connectivity index (χ0) is 14.9. The Morgan fingerprint density at radius 2 is 1.68 bits per heavy atom. The van der Waals surface area contributed by atoms with Crippen LogP contribution in [0.15, 0.2) is 0 Å². The molecule has 0 aromatic carbocycles. The largest absolute Gasteiger partial charge is 0.481 e. The molecule has 0 atom stereocenters. The van der Waals surface area contributed by atoms with Gasteiger partial charge in [0.25, 0.3) is 0 Å². The third kappa shape index (κ3) is 10.1. The summed E-state index contributed by atoms with van der Waals surface area (Å²) in [4.78, 5) is 33.1. The van der Waals surface area contributed by atoms with Gasteiger partial charge in [-0.3, -0.25) is 14.9 Å². The first kappa shape index (κ1) is 17.4. The summed E-state index contributed by atoms with van der Waals surface area (Å²) in [7, 11) is 0. The van der Waals surface area contributed by atoms with E-state index in [2.05, 4.69) is 10.6 Å². The molecule has 0 aromatic heterocycles. The third-order valence-electron chi connectivity index (χ3n) is 2.98. The van der Waals surface area contributed by atoms with Crippen molar-refractivity contribution in [2.24, 2.45) is 5.41 Å². The van der Waals surface area contributed by atoms with E-state index in [0.29, 0.717) is 19.4 Å². The monoisotopic (exact) mass is 272 g/mol. The van der Waals surface area contributed by atoms with Crippen LogP contribution in [0.3, 0.4) is 0 Å². The molecule has 0 bridgehead atoms. The van der Waals surface area contributed by atoms with Gasteiger partial charge in [-0.05, 0) is 24.7 Å².